The number of rotatable bonds is 11. The minimum absolute atomic E-state index is 0.0359. The van der Waals surface area contributed by atoms with Crippen LogP contribution in [0.15, 0.2) is 72.8 Å². The zero-order valence-electron chi connectivity index (χ0n) is 27.3. The van der Waals surface area contributed by atoms with Crippen molar-refractivity contribution in [2.24, 2.45) is 0 Å². The molecule has 0 saturated carbocycles. The Labute approximate surface area is 276 Å². The molecule has 5 rings (SSSR count). The van der Waals surface area contributed by atoms with E-state index < -0.39 is 17.7 Å². The molecule has 244 valence electrons. The Morgan fingerprint density at radius 3 is 2.43 bits per heavy atom. The molecule has 4 aromatic rings. The third-order valence-corrected chi connectivity index (χ3v) is 9.17. The van der Waals surface area contributed by atoms with E-state index in [-0.39, 0.29) is 18.2 Å². The quantitative estimate of drug-likeness (QED) is 0.168. The van der Waals surface area contributed by atoms with Gasteiger partial charge in [0.1, 0.15) is 11.3 Å². The fourth-order valence-electron chi connectivity index (χ4n) is 6.77. The second kappa shape index (κ2) is 14.7. The molecule has 1 aliphatic rings. The molecular weight excluding hydrogens is 600 g/mol. The molecule has 1 saturated heterocycles. The van der Waals surface area contributed by atoms with Crippen LogP contribution in [0.5, 0.6) is 0 Å². The summed E-state index contributed by atoms with van der Waals surface area (Å²) < 4.78 is 7.55. The standard InChI is InChI=1S/C37H45ClN4O4/c1-37(2,3)42(36(44)45)30(23-26-16-18-28(19-17-26)27-11-6-5-7-12-27)24-33(43)40-20-9-13-29(25-40)35-39-34-31(38)14-8-15-32(34)41(35)21-10-22-46-4/h5-8,11-12,14-19,29-30H,9-10,13,20-25H2,1-4H3,(H,44,45)/t29-,30-/m1/s1. The number of aryl methyl sites for hydroxylation is 1. The molecule has 1 N–H and O–H groups in total. The van der Waals surface area contributed by atoms with E-state index in [1.165, 1.54) is 4.90 Å². The molecule has 1 aliphatic heterocycles. The Balaban J connectivity index is 1.37. The number of likely N-dealkylation sites (tertiary alicyclic amines) is 1. The number of carboxylic acid groups (broad SMARTS) is 1. The van der Waals surface area contributed by atoms with Gasteiger partial charge in [-0.15, -0.1) is 0 Å². The second-order valence-electron chi connectivity index (χ2n) is 13.2. The number of hydrogen-bond donors (Lipinski definition) is 1. The van der Waals surface area contributed by atoms with Crippen LogP contribution in [0.25, 0.3) is 22.2 Å². The van der Waals surface area contributed by atoms with Gasteiger partial charge in [0, 0.05) is 57.3 Å². The van der Waals surface area contributed by atoms with Gasteiger partial charge in [0.2, 0.25) is 5.91 Å². The normalized spacial score (nSPS) is 16.0. The summed E-state index contributed by atoms with van der Waals surface area (Å²) in [6, 6.07) is 23.7. The lowest BCUT2D eigenvalue weighted by Gasteiger charge is -2.41. The highest BCUT2D eigenvalue weighted by atomic mass is 35.5. The van der Waals surface area contributed by atoms with Crippen molar-refractivity contribution in [3.63, 3.8) is 0 Å². The number of methoxy groups -OCH3 is 1. The van der Waals surface area contributed by atoms with Gasteiger partial charge in [-0.3, -0.25) is 9.69 Å². The number of nitrogens with zero attached hydrogens (tertiary/aromatic N) is 4. The van der Waals surface area contributed by atoms with E-state index in [0.717, 1.165) is 59.4 Å². The number of ether oxygens (including phenoxy) is 1. The number of carbonyl (C=O) groups excluding carboxylic acids is 1. The molecule has 0 unspecified atom stereocenters. The van der Waals surface area contributed by atoms with Crippen LogP contribution in [0.4, 0.5) is 4.79 Å². The summed E-state index contributed by atoms with van der Waals surface area (Å²) in [6.07, 6.45) is 2.11. The maximum atomic E-state index is 14.0. The third-order valence-electron chi connectivity index (χ3n) is 8.87. The van der Waals surface area contributed by atoms with Crippen molar-refractivity contribution in [1.29, 1.82) is 0 Å². The fraction of sp³-hybridized carbons (Fsp3) is 0.432. The van der Waals surface area contributed by atoms with E-state index >= 15 is 0 Å². The van der Waals surface area contributed by atoms with E-state index in [1.807, 2.05) is 74.2 Å². The molecule has 2 heterocycles. The number of imidazole rings is 1. The molecule has 0 aliphatic carbocycles. The van der Waals surface area contributed by atoms with Crippen LogP contribution in [-0.4, -0.2) is 74.8 Å². The molecule has 9 heteroatoms. The maximum absolute atomic E-state index is 14.0. The minimum atomic E-state index is -1.02. The predicted molar refractivity (Wildman–Crippen MR) is 183 cm³/mol. The first kappa shape index (κ1) is 33.5. The lowest BCUT2D eigenvalue weighted by Crippen LogP contribution is -2.54. The summed E-state index contributed by atoms with van der Waals surface area (Å²) in [6.45, 7) is 8.20. The average Bonchev–Trinajstić information content (AvgIpc) is 3.41. The van der Waals surface area contributed by atoms with Crippen molar-refractivity contribution < 1.29 is 19.4 Å². The summed E-state index contributed by atoms with van der Waals surface area (Å²) in [7, 11) is 1.70. The Kier molecular flexibility index (Phi) is 10.7. The molecule has 3 aromatic carbocycles. The van der Waals surface area contributed by atoms with Crippen LogP contribution in [0.2, 0.25) is 5.02 Å². The third kappa shape index (κ3) is 7.73. The molecule has 2 atom stereocenters. The van der Waals surface area contributed by atoms with E-state index in [9.17, 15) is 14.7 Å². The number of carbonyl (C=O) groups is 2. The van der Waals surface area contributed by atoms with Crippen molar-refractivity contribution in [2.45, 2.75) is 76.9 Å². The molecule has 46 heavy (non-hydrogen) atoms. The molecule has 0 spiro atoms. The zero-order valence-corrected chi connectivity index (χ0v) is 28.0. The van der Waals surface area contributed by atoms with E-state index in [0.29, 0.717) is 31.1 Å². The largest absolute Gasteiger partial charge is 0.465 e. The highest BCUT2D eigenvalue weighted by Crippen LogP contribution is 2.33. The number of piperidine rings is 1. The van der Waals surface area contributed by atoms with Crippen LogP contribution >= 0.6 is 11.6 Å². The first-order chi connectivity index (χ1) is 22.1. The lowest BCUT2D eigenvalue weighted by atomic mass is 9.93. The van der Waals surface area contributed by atoms with Gasteiger partial charge in [0.05, 0.1) is 10.5 Å². The predicted octanol–water partition coefficient (Wildman–Crippen LogP) is 7.88. The van der Waals surface area contributed by atoms with Gasteiger partial charge >= 0.3 is 6.09 Å². The highest BCUT2D eigenvalue weighted by molar-refractivity contribution is 6.34. The lowest BCUT2D eigenvalue weighted by molar-refractivity contribution is -0.134. The first-order valence-electron chi connectivity index (χ1n) is 16.1. The molecule has 1 fully saturated rings. The van der Waals surface area contributed by atoms with Crippen molar-refractivity contribution in [3.8, 4) is 11.1 Å². The van der Waals surface area contributed by atoms with Crippen LogP contribution in [0.3, 0.4) is 0 Å². The summed E-state index contributed by atoms with van der Waals surface area (Å²) in [4.78, 5) is 35.0. The van der Waals surface area contributed by atoms with Crippen LogP contribution in [0.1, 0.15) is 63.8 Å². The first-order valence-corrected chi connectivity index (χ1v) is 16.5. The molecular formula is C37H45ClN4O4. The number of hydrogen-bond acceptors (Lipinski definition) is 4. The number of aromatic nitrogens is 2. The SMILES string of the molecule is COCCCn1c([C@@H]2CCCN(C(=O)C[C@@H](Cc3ccc(-c4ccccc4)cc3)N(C(=O)O)C(C)(C)C)C2)nc2c(Cl)cccc21. The topological polar surface area (TPSA) is 87.9 Å². The maximum Gasteiger partial charge on any atom is 0.408 e. The fourth-order valence-corrected chi connectivity index (χ4v) is 6.98. The van der Waals surface area contributed by atoms with Crippen molar-refractivity contribution in [1.82, 2.24) is 19.4 Å². The van der Waals surface area contributed by atoms with Crippen molar-refractivity contribution >= 4 is 34.6 Å². The van der Waals surface area contributed by atoms with Gasteiger partial charge in [0.15, 0.2) is 0 Å². The Morgan fingerprint density at radius 1 is 1.04 bits per heavy atom. The van der Waals surface area contributed by atoms with Gasteiger partial charge in [-0.25, -0.2) is 9.78 Å². The summed E-state index contributed by atoms with van der Waals surface area (Å²) in [5, 5.41) is 11.0. The number of fused-ring (bicyclic) bond motifs is 1. The number of benzene rings is 3. The van der Waals surface area contributed by atoms with Gasteiger partial charge in [-0.1, -0.05) is 72.3 Å². The van der Waals surface area contributed by atoms with E-state index in [2.05, 4.69) is 28.8 Å². The monoisotopic (exact) mass is 644 g/mol. The Bertz CT molecular complexity index is 1630. The molecule has 1 aromatic heterocycles. The zero-order chi connectivity index (χ0) is 32.8. The Morgan fingerprint density at radius 2 is 1.76 bits per heavy atom. The highest BCUT2D eigenvalue weighted by Gasteiger charge is 2.37. The number of para-hydroxylation sites is 1. The smallest absolute Gasteiger partial charge is 0.408 e. The van der Waals surface area contributed by atoms with Gasteiger partial charge in [-0.05, 0) is 75.3 Å². The molecule has 0 bridgehead atoms. The van der Waals surface area contributed by atoms with E-state index in [1.54, 1.807) is 7.11 Å². The second-order valence-corrected chi connectivity index (χ2v) is 13.6. The Hall–Kier alpha value is -3.88. The van der Waals surface area contributed by atoms with Crippen molar-refractivity contribution in [2.75, 3.05) is 26.8 Å². The summed E-state index contributed by atoms with van der Waals surface area (Å²) in [5.74, 6) is 0.950. The average molecular weight is 645 g/mol. The van der Waals surface area contributed by atoms with Gasteiger partial charge in [0.25, 0.3) is 0 Å². The molecule has 8 nitrogen and oxygen atoms in total. The van der Waals surface area contributed by atoms with Crippen LogP contribution in [-0.2, 0) is 22.5 Å². The van der Waals surface area contributed by atoms with Crippen LogP contribution in [0, 0.1) is 0 Å². The van der Waals surface area contributed by atoms with E-state index in [4.69, 9.17) is 21.3 Å². The number of amides is 2. The summed E-state index contributed by atoms with van der Waals surface area (Å²) in [5.41, 5.74) is 4.29. The van der Waals surface area contributed by atoms with Gasteiger partial charge < -0.3 is 19.3 Å². The molecule has 0 radical (unpaired) electrons. The van der Waals surface area contributed by atoms with Crippen molar-refractivity contribution in [3.05, 3.63) is 89.2 Å². The molecule has 2 amide bonds. The van der Waals surface area contributed by atoms with Gasteiger partial charge in [-0.2, -0.15) is 0 Å². The number of halogens is 1. The van der Waals surface area contributed by atoms with Crippen LogP contribution < -0.4 is 0 Å². The summed E-state index contributed by atoms with van der Waals surface area (Å²) >= 11 is 6.56. The minimum Gasteiger partial charge on any atom is -0.465 e.